The number of anilines is 8. The lowest BCUT2D eigenvalue weighted by Crippen LogP contribution is -2.42. The number of methoxy groups -OCH3 is 7. The van der Waals surface area contributed by atoms with Crippen molar-refractivity contribution in [1.82, 2.24) is 100 Å². The van der Waals surface area contributed by atoms with Gasteiger partial charge >= 0.3 is 12.4 Å². The summed E-state index contributed by atoms with van der Waals surface area (Å²) in [4.78, 5) is 45.5. The summed E-state index contributed by atoms with van der Waals surface area (Å²) >= 11 is 0. The standard InChI is InChI=1S/C27H33FN6O2.C26H32N6O2.C25H27F3N6O2.C24H23F5N6O/c1-27(2,18-28)30-9-6-10-34(21-11-22(35-4)14-23(12-21)36-5)20-7-8-24-25(13-20)32-26(16-29-24)19-15-31-33(3)17-19;1-17(2)27-9-10-32(20-11-21(33-5)14-22(12-20)34-6)19-7-8-24-25(13-19)30-26(16-28-24)23-15-29-31(4)18(23)3;1-33-16-17(14-31-33)24-15-30-22-5-4-18(12-23(22)32-24)34(9-8-29-7-6-25(26,27)28)19-10-20(35-2)13-21(11-19)36-3;1-34-13-15(11-32-34)21-12-31-19-5-4-16(9-20(19)33-21)35(7-3-6-30-14-24(27,28)29)17-8-18(25)23(26)22(10-17)36-2/h7-8,11-17,30H,6,9-10,18H2,1-5H3;7-8,11-17,27H,9-10H2,1-6H3;4-5,10-16,29H,6-9H2,1-3H3;4-5,8-13,30H,3,6-7,14H2,1-2H3. The molecule has 0 atom stereocenters. The van der Waals surface area contributed by atoms with E-state index in [2.05, 4.69) is 102 Å². The fourth-order valence-corrected chi connectivity index (χ4v) is 15.3. The Morgan fingerprint density at radius 3 is 1.08 bits per heavy atom. The number of ether oxygens (including phenoxy) is 7. The molecule has 16 aromatic rings. The van der Waals surface area contributed by atoms with Crippen molar-refractivity contribution in [2.45, 2.75) is 77.8 Å². The van der Waals surface area contributed by atoms with Gasteiger partial charge in [0.2, 0.25) is 5.82 Å². The van der Waals surface area contributed by atoms with Crippen molar-refractivity contribution in [3.8, 4) is 85.3 Å². The van der Waals surface area contributed by atoms with Gasteiger partial charge in [0.25, 0.3) is 0 Å². The molecule has 0 bridgehead atoms. The van der Waals surface area contributed by atoms with Crippen LogP contribution in [0.2, 0.25) is 0 Å². The molecule has 0 unspecified atom stereocenters. The number of rotatable bonds is 39. The minimum absolute atomic E-state index is 0.0648. The molecule has 0 radical (unpaired) electrons. The van der Waals surface area contributed by atoms with E-state index in [0.717, 1.165) is 138 Å². The zero-order chi connectivity index (χ0) is 102. The first kappa shape index (κ1) is 104. The van der Waals surface area contributed by atoms with Crippen molar-refractivity contribution < 1.29 is 72.7 Å². The molecule has 0 aliphatic heterocycles. The van der Waals surface area contributed by atoms with Crippen LogP contribution in [-0.4, -0.2) is 225 Å². The summed E-state index contributed by atoms with van der Waals surface area (Å²) in [6, 6.07) is 43.0. The predicted molar refractivity (Wildman–Crippen MR) is 534 cm³/mol. The number of aromatic nitrogens is 16. The van der Waals surface area contributed by atoms with Gasteiger partial charge in [-0.3, -0.25) is 38.7 Å². The Kier molecular flexibility index (Phi) is 35.1. The summed E-state index contributed by atoms with van der Waals surface area (Å²) in [6.45, 7) is 12.3. The van der Waals surface area contributed by atoms with E-state index in [1.54, 1.807) is 136 Å². The molecule has 142 heavy (non-hydrogen) atoms. The Labute approximate surface area is 816 Å². The second-order valence-corrected chi connectivity index (χ2v) is 34.1. The second kappa shape index (κ2) is 47.8. The van der Waals surface area contributed by atoms with Crippen LogP contribution in [-0.2, 0) is 28.2 Å². The van der Waals surface area contributed by atoms with Crippen LogP contribution in [0.25, 0.3) is 89.2 Å². The molecule has 40 heteroatoms. The first-order valence-corrected chi connectivity index (χ1v) is 45.6. The van der Waals surface area contributed by atoms with Crippen molar-refractivity contribution in [3.63, 3.8) is 0 Å². The molecular formula is C102H115F9N24O7. The highest BCUT2D eigenvalue weighted by Crippen LogP contribution is 2.41. The molecule has 0 spiro atoms. The van der Waals surface area contributed by atoms with Gasteiger partial charge in [-0.2, -0.15) is 51.1 Å². The van der Waals surface area contributed by atoms with Gasteiger partial charge in [0.1, 0.15) is 41.2 Å². The molecule has 8 aromatic carbocycles. The number of hydrogen-bond donors (Lipinski definition) is 4. The van der Waals surface area contributed by atoms with Crippen LogP contribution in [0.15, 0.2) is 208 Å². The molecule has 31 nitrogen and oxygen atoms in total. The molecule has 16 rings (SSSR count). The van der Waals surface area contributed by atoms with E-state index in [-0.39, 0.29) is 37.5 Å². The van der Waals surface area contributed by atoms with Gasteiger partial charge in [0.15, 0.2) is 11.6 Å². The van der Waals surface area contributed by atoms with E-state index in [4.69, 9.17) is 48.1 Å². The van der Waals surface area contributed by atoms with Crippen molar-refractivity contribution in [2.75, 3.05) is 141 Å². The lowest BCUT2D eigenvalue weighted by molar-refractivity contribution is -0.133. The summed E-state index contributed by atoms with van der Waals surface area (Å²) in [5.41, 5.74) is 19.0. The first-order valence-electron chi connectivity index (χ1n) is 45.6. The molecule has 0 fully saturated rings. The molecule has 0 aliphatic carbocycles. The Bertz CT molecular complexity index is 6850. The summed E-state index contributed by atoms with van der Waals surface area (Å²) < 4.78 is 161. The highest BCUT2D eigenvalue weighted by molar-refractivity contribution is 5.87. The Morgan fingerprint density at radius 2 is 0.739 bits per heavy atom. The average molecular weight is 1960 g/mol. The average Bonchev–Trinajstić information content (AvgIpc) is 1.19. The molecule has 0 aliphatic rings. The van der Waals surface area contributed by atoms with Crippen LogP contribution in [0.3, 0.4) is 0 Å². The minimum atomic E-state index is -4.32. The van der Waals surface area contributed by atoms with E-state index < -0.39 is 49.2 Å². The zero-order valence-corrected chi connectivity index (χ0v) is 81.8. The topological polar surface area (TPSA) is 300 Å². The largest absolute Gasteiger partial charge is 0.497 e. The number of halogens is 9. The van der Waals surface area contributed by atoms with E-state index >= 15 is 0 Å². The maximum Gasteiger partial charge on any atom is 0.401 e. The summed E-state index contributed by atoms with van der Waals surface area (Å²) in [7, 11) is 18.4. The maximum atomic E-state index is 14.3. The normalized spacial score (nSPS) is 11.6. The molecule has 748 valence electrons. The van der Waals surface area contributed by atoms with Gasteiger partial charge in [0.05, 0.1) is 179 Å². The first-order chi connectivity index (χ1) is 68.1. The molecule has 0 amide bonds. The van der Waals surface area contributed by atoms with Gasteiger partial charge in [-0.1, -0.05) is 13.8 Å². The molecule has 8 heterocycles. The van der Waals surface area contributed by atoms with Gasteiger partial charge in [0, 0.05) is 244 Å². The number of alkyl halides is 7. The monoisotopic (exact) mass is 1960 g/mol. The number of nitrogens with zero attached hydrogens (tertiary/aromatic N) is 20. The van der Waals surface area contributed by atoms with Crippen molar-refractivity contribution >= 4 is 89.6 Å². The quantitative estimate of drug-likeness (QED) is 0.0205. The Balaban J connectivity index is 0.000000159. The van der Waals surface area contributed by atoms with Crippen LogP contribution in [0.4, 0.5) is 85.0 Å². The van der Waals surface area contributed by atoms with Gasteiger partial charge in [-0.05, 0) is 119 Å². The van der Waals surface area contributed by atoms with E-state index in [9.17, 15) is 39.5 Å². The minimum Gasteiger partial charge on any atom is -0.497 e. The zero-order valence-electron chi connectivity index (χ0n) is 81.8. The lowest BCUT2D eigenvalue weighted by atomic mass is 10.1. The van der Waals surface area contributed by atoms with Gasteiger partial charge in [-0.25, -0.2) is 28.7 Å². The van der Waals surface area contributed by atoms with Crippen molar-refractivity contribution in [1.29, 1.82) is 0 Å². The van der Waals surface area contributed by atoms with Crippen LogP contribution in [0.1, 0.15) is 52.7 Å². The lowest BCUT2D eigenvalue weighted by Gasteiger charge is -2.28. The fourth-order valence-electron chi connectivity index (χ4n) is 15.3. The fraction of sp³-hybridized carbons (Fsp3) is 0.333. The van der Waals surface area contributed by atoms with Crippen molar-refractivity contribution in [3.05, 3.63) is 225 Å². The number of nitrogens with one attached hydrogen (secondary N) is 4. The summed E-state index contributed by atoms with van der Waals surface area (Å²) in [5, 5.41) is 28.9. The maximum absolute atomic E-state index is 14.3. The third-order valence-electron chi connectivity index (χ3n) is 22.9. The predicted octanol–water partition coefficient (Wildman–Crippen LogP) is 19.1. The highest BCUT2D eigenvalue weighted by Gasteiger charge is 2.29. The van der Waals surface area contributed by atoms with E-state index in [1.165, 1.54) is 13.2 Å². The van der Waals surface area contributed by atoms with Gasteiger partial charge < -0.3 is 74.0 Å². The molecule has 0 saturated carbocycles. The highest BCUT2D eigenvalue weighted by atomic mass is 19.4. The number of hydrogen-bond acceptors (Lipinski definition) is 27. The van der Waals surface area contributed by atoms with Crippen LogP contribution < -0.4 is 74.0 Å². The molecular weight excluding hydrogens is 1840 g/mol. The summed E-state index contributed by atoms with van der Waals surface area (Å²) in [6.07, 6.45) is 11.2. The number of aryl methyl sites for hydroxylation is 4. The van der Waals surface area contributed by atoms with Crippen LogP contribution >= 0.6 is 0 Å². The number of fused-ring (bicyclic) bond motifs is 4. The van der Waals surface area contributed by atoms with Gasteiger partial charge in [-0.15, -0.1) is 0 Å². The smallest absolute Gasteiger partial charge is 0.401 e. The molecule has 8 aromatic heterocycles. The second-order valence-electron chi connectivity index (χ2n) is 34.1. The third-order valence-corrected chi connectivity index (χ3v) is 22.9. The van der Waals surface area contributed by atoms with Crippen LogP contribution in [0, 0.1) is 18.6 Å². The Morgan fingerprint density at radius 1 is 0.373 bits per heavy atom. The molecule has 4 N–H and O–H groups in total. The third kappa shape index (κ3) is 28.0. The Hall–Kier alpha value is -15.0. The summed E-state index contributed by atoms with van der Waals surface area (Å²) in [5.74, 6) is 1.55. The van der Waals surface area contributed by atoms with Crippen molar-refractivity contribution in [2.24, 2.45) is 28.2 Å². The van der Waals surface area contributed by atoms with Crippen LogP contribution in [0.5, 0.6) is 40.2 Å². The van der Waals surface area contributed by atoms with E-state index in [0.29, 0.717) is 88.8 Å². The number of benzene rings is 8. The van der Waals surface area contributed by atoms with E-state index in [1.807, 2.05) is 167 Å². The SMILES string of the molecule is COc1cc(N(CCCNCC(F)(F)F)c2ccc3ncc(-c4cnn(C)c4)nc3c2)cc(F)c1F.COc1cc(OC)cc(N(CCCNC(C)(C)CF)c2ccc3ncc(-c4cnn(C)c4)nc3c2)c1.COc1cc(OC)cc(N(CCNC(C)C)c2ccc3ncc(-c4cnn(C)c4C)nc3c2)c1.COc1cc(OC)cc(N(CCNCCC(F)(F)F)c2ccc3ncc(-c4cnn(C)c4)nc3c2)c1. The molecule has 0 saturated heterocycles.